The van der Waals surface area contributed by atoms with Crippen LogP contribution in [0.3, 0.4) is 0 Å². The number of rotatable bonds is 11. The van der Waals surface area contributed by atoms with Crippen molar-refractivity contribution in [3.05, 3.63) is 95.1 Å². The Morgan fingerprint density at radius 3 is 2.43 bits per heavy atom. The number of amides is 2. The molecule has 192 valence electrons. The summed E-state index contributed by atoms with van der Waals surface area (Å²) in [5.74, 6) is 0.749. The molecule has 0 spiro atoms. The Bertz CT molecular complexity index is 1260. The monoisotopic (exact) mass is 500 g/mol. The Kier molecular flexibility index (Phi) is 8.56. The van der Waals surface area contributed by atoms with Gasteiger partial charge < -0.3 is 19.6 Å². The molecule has 0 radical (unpaired) electrons. The summed E-state index contributed by atoms with van der Waals surface area (Å²) >= 11 is 0. The molecule has 37 heavy (non-hydrogen) atoms. The molecule has 1 aliphatic heterocycles. The normalized spacial score (nSPS) is 12.2. The number of carboxylic acid groups (broad SMARTS) is 1. The van der Waals surface area contributed by atoms with E-state index >= 15 is 0 Å². The van der Waals surface area contributed by atoms with E-state index in [1.807, 2.05) is 66.7 Å². The molecule has 7 heteroatoms. The van der Waals surface area contributed by atoms with Gasteiger partial charge in [-0.1, -0.05) is 36.4 Å². The lowest BCUT2D eigenvalue weighted by Gasteiger charge is -2.19. The molecule has 0 fully saturated rings. The second kappa shape index (κ2) is 12.2. The van der Waals surface area contributed by atoms with E-state index in [1.165, 1.54) is 4.90 Å². The van der Waals surface area contributed by atoms with Gasteiger partial charge in [-0.3, -0.25) is 9.59 Å². The number of ether oxygens (including phenoxy) is 1. The zero-order chi connectivity index (χ0) is 26.2. The standard InChI is InChI=1S/C30H32N2O5/c1-37-28-13-6-5-9-22(28)16-19-31(30(35)36)18-8-7-12-27(33)25-14-15-26-24(21-25)17-20-32(26)29(34)23-10-3-2-4-11-23/h2-6,9-11,13-15,21H,7-8,12,16-20H2,1H3,(H,35,36). The first kappa shape index (κ1) is 25.9. The molecule has 3 aromatic carbocycles. The van der Waals surface area contributed by atoms with E-state index < -0.39 is 6.09 Å². The predicted octanol–water partition coefficient (Wildman–Crippen LogP) is 5.47. The molecule has 0 unspecified atom stereocenters. The van der Waals surface area contributed by atoms with Gasteiger partial charge in [0.05, 0.1) is 7.11 Å². The molecular weight excluding hydrogens is 468 g/mol. The van der Waals surface area contributed by atoms with Gasteiger partial charge in [0.2, 0.25) is 0 Å². The number of hydrogen-bond donors (Lipinski definition) is 1. The molecule has 0 saturated carbocycles. The van der Waals surface area contributed by atoms with Crippen LogP contribution in [0.1, 0.15) is 51.1 Å². The van der Waals surface area contributed by atoms with Crippen LogP contribution in [0.15, 0.2) is 72.8 Å². The zero-order valence-corrected chi connectivity index (χ0v) is 21.1. The quantitative estimate of drug-likeness (QED) is 0.279. The van der Waals surface area contributed by atoms with E-state index in [-0.39, 0.29) is 11.7 Å². The van der Waals surface area contributed by atoms with Crippen LogP contribution >= 0.6 is 0 Å². The van der Waals surface area contributed by atoms with Gasteiger partial charge in [-0.2, -0.15) is 0 Å². The molecule has 0 saturated heterocycles. The summed E-state index contributed by atoms with van der Waals surface area (Å²) in [6.45, 7) is 1.34. The lowest BCUT2D eigenvalue weighted by Crippen LogP contribution is -2.32. The minimum atomic E-state index is -0.963. The lowest BCUT2D eigenvalue weighted by atomic mass is 10.0. The molecule has 7 nitrogen and oxygen atoms in total. The fourth-order valence-electron chi connectivity index (χ4n) is 4.72. The summed E-state index contributed by atoms with van der Waals surface area (Å²) in [7, 11) is 1.60. The number of unbranched alkanes of at least 4 members (excludes halogenated alkanes) is 1. The topological polar surface area (TPSA) is 87.2 Å². The number of methoxy groups -OCH3 is 1. The Labute approximate surface area is 217 Å². The zero-order valence-electron chi connectivity index (χ0n) is 21.1. The summed E-state index contributed by atoms with van der Waals surface area (Å²) in [4.78, 5) is 40.5. The summed E-state index contributed by atoms with van der Waals surface area (Å²) < 4.78 is 5.35. The van der Waals surface area contributed by atoms with Gasteiger partial charge in [0.25, 0.3) is 5.91 Å². The summed E-state index contributed by atoms with van der Waals surface area (Å²) in [6.07, 6.45) is 1.88. The summed E-state index contributed by atoms with van der Waals surface area (Å²) in [5.41, 5.74) is 4.11. The van der Waals surface area contributed by atoms with E-state index in [9.17, 15) is 19.5 Å². The van der Waals surface area contributed by atoms with E-state index in [4.69, 9.17) is 4.74 Å². The first-order valence-electron chi connectivity index (χ1n) is 12.6. The van der Waals surface area contributed by atoms with Crippen molar-refractivity contribution in [3.8, 4) is 5.75 Å². The van der Waals surface area contributed by atoms with Gasteiger partial charge in [0, 0.05) is 42.9 Å². The highest BCUT2D eigenvalue weighted by Gasteiger charge is 2.26. The van der Waals surface area contributed by atoms with Crippen LogP contribution in [-0.2, 0) is 12.8 Å². The maximum atomic E-state index is 12.9. The number of benzene rings is 3. The molecule has 3 aromatic rings. The van der Waals surface area contributed by atoms with Crippen molar-refractivity contribution in [2.75, 3.05) is 31.6 Å². The van der Waals surface area contributed by atoms with Crippen LogP contribution in [-0.4, -0.2) is 54.5 Å². The number of carbonyl (C=O) groups excluding carboxylic acids is 2. The van der Waals surface area contributed by atoms with Gasteiger partial charge in [-0.15, -0.1) is 0 Å². The van der Waals surface area contributed by atoms with Gasteiger partial charge in [-0.25, -0.2) is 4.79 Å². The van der Waals surface area contributed by atoms with Crippen LogP contribution in [0, 0.1) is 0 Å². The Hall–Kier alpha value is -4.13. The highest BCUT2D eigenvalue weighted by Crippen LogP contribution is 2.30. The van der Waals surface area contributed by atoms with E-state index in [0.717, 1.165) is 29.0 Å². The van der Waals surface area contributed by atoms with Gasteiger partial charge >= 0.3 is 6.09 Å². The SMILES string of the molecule is COc1ccccc1CCN(CCCCC(=O)c1ccc2c(c1)CCN2C(=O)c1ccccc1)C(=O)O. The minimum absolute atomic E-state index is 0.0338. The molecule has 0 bridgehead atoms. The van der Waals surface area contributed by atoms with Crippen molar-refractivity contribution in [2.24, 2.45) is 0 Å². The van der Waals surface area contributed by atoms with Crippen LogP contribution in [0.4, 0.5) is 10.5 Å². The minimum Gasteiger partial charge on any atom is -0.496 e. The van der Waals surface area contributed by atoms with Gasteiger partial charge in [0.15, 0.2) is 5.78 Å². The number of Topliss-reactive ketones (excluding diaryl/α,β-unsaturated/α-hetero) is 1. The number of ketones is 1. The first-order valence-corrected chi connectivity index (χ1v) is 12.6. The van der Waals surface area contributed by atoms with Crippen molar-refractivity contribution in [2.45, 2.75) is 32.1 Å². The number of hydrogen-bond acceptors (Lipinski definition) is 4. The Morgan fingerprint density at radius 2 is 1.68 bits per heavy atom. The number of nitrogens with zero attached hydrogens (tertiary/aromatic N) is 2. The Morgan fingerprint density at radius 1 is 0.919 bits per heavy atom. The number of anilines is 1. The molecule has 1 aliphatic rings. The average molecular weight is 501 g/mol. The van der Waals surface area contributed by atoms with Crippen LogP contribution < -0.4 is 9.64 Å². The van der Waals surface area contributed by atoms with Crippen molar-refractivity contribution in [3.63, 3.8) is 0 Å². The van der Waals surface area contributed by atoms with Crippen LogP contribution in [0.2, 0.25) is 0 Å². The molecule has 1 heterocycles. The largest absolute Gasteiger partial charge is 0.496 e. The Balaban J connectivity index is 1.27. The molecule has 1 N–H and O–H groups in total. The van der Waals surface area contributed by atoms with Crippen molar-refractivity contribution < 1.29 is 24.2 Å². The molecule has 4 rings (SSSR count). The van der Waals surface area contributed by atoms with Gasteiger partial charge in [-0.05, 0) is 73.2 Å². The third-order valence-electron chi connectivity index (χ3n) is 6.76. The molecule has 0 atom stereocenters. The lowest BCUT2D eigenvalue weighted by molar-refractivity contribution is 0.0974. The summed E-state index contributed by atoms with van der Waals surface area (Å²) in [5, 5.41) is 9.59. The smallest absolute Gasteiger partial charge is 0.407 e. The van der Waals surface area contributed by atoms with Crippen molar-refractivity contribution in [1.29, 1.82) is 0 Å². The van der Waals surface area contributed by atoms with E-state index in [0.29, 0.717) is 56.4 Å². The second-order valence-corrected chi connectivity index (χ2v) is 9.13. The second-order valence-electron chi connectivity index (χ2n) is 9.13. The fourth-order valence-corrected chi connectivity index (χ4v) is 4.72. The van der Waals surface area contributed by atoms with E-state index in [1.54, 1.807) is 18.1 Å². The average Bonchev–Trinajstić information content (AvgIpc) is 3.35. The third kappa shape index (κ3) is 6.36. The van der Waals surface area contributed by atoms with Crippen molar-refractivity contribution in [1.82, 2.24) is 4.90 Å². The number of para-hydroxylation sites is 1. The molecule has 2 amide bonds. The number of fused-ring (bicyclic) bond motifs is 1. The highest BCUT2D eigenvalue weighted by atomic mass is 16.5. The third-order valence-corrected chi connectivity index (χ3v) is 6.76. The van der Waals surface area contributed by atoms with Crippen LogP contribution in [0.5, 0.6) is 5.75 Å². The van der Waals surface area contributed by atoms with Gasteiger partial charge in [0.1, 0.15) is 5.75 Å². The first-order chi connectivity index (χ1) is 18.0. The summed E-state index contributed by atoms with van der Waals surface area (Å²) in [6, 6.07) is 22.3. The molecular formula is C30H32N2O5. The number of carbonyl (C=O) groups is 3. The highest BCUT2D eigenvalue weighted by molar-refractivity contribution is 6.07. The maximum absolute atomic E-state index is 12.9. The fraction of sp³-hybridized carbons (Fsp3) is 0.300. The predicted molar refractivity (Wildman–Crippen MR) is 143 cm³/mol. The van der Waals surface area contributed by atoms with Crippen LogP contribution in [0.25, 0.3) is 0 Å². The maximum Gasteiger partial charge on any atom is 0.407 e. The van der Waals surface area contributed by atoms with Crippen molar-refractivity contribution >= 4 is 23.5 Å². The van der Waals surface area contributed by atoms with E-state index in [2.05, 4.69) is 0 Å². The molecule has 0 aliphatic carbocycles. The molecule has 0 aromatic heterocycles.